The van der Waals surface area contributed by atoms with Crippen molar-refractivity contribution < 1.29 is 9.59 Å². The molecule has 2 rings (SSSR count). The van der Waals surface area contributed by atoms with E-state index in [1.165, 1.54) is 30.6 Å². The molecule has 1 spiro atoms. The molecule has 0 bridgehead atoms. The monoisotopic (exact) mass is 296 g/mol. The maximum Gasteiger partial charge on any atom is 0.325 e. The molecule has 0 radical (unpaired) electrons. The zero-order valence-electron chi connectivity index (χ0n) is 13.1. The van der Waals surface area contributed by atoms with Crippen LogP contribution < -0.4 is 11.1 Å². The molecular formula is C15H28N4O2. The van der Waals surface area contributed by atoms with Gasteiger partial charge in [-0.2, -0.15) is 0 Å². The van der Waals surface area contributed by atoms with Crippen molar-refractivity contribution in [1.82, 2.24) is 15.1 Å². The molecule has 3 amide bonds. The summed E-state index contributed by atoms with van der Waals surface area (Å²) in [5.74, 6) is -0.0800. The predicted molar refractivity (Wildman–Crippen MR) is 81.8 cm³/mol. The third-order valence-electron chi connectivity index (χ3n) is 4.64. The van der Waals surface area contributed by atoms with Crippen molar-refractivity contribution in [3.05, 3.63) is 0 Å². The van der Waals surface area contributed by atoms with E-state index in [1.807, 2.05) is 0 Å². The third-order valence-corrected chi connectivity index (χ3v) is 4.64. The molecule has 2 saturated heterocycles. The van der Waals surface area contributed by atoms with Gasteiger partial charge in [-0.15, -0.1) is 0 Å². The number of hydrogen-bond acceptors (Lipinski definition) is 4. The van der Waals surface area contributed by atoms with Crippen LogP contribution in [0.2, 0.25) is 0 Å². The number of nitrogens with zero attached hydrogens (tertiary/aromatic N) is 2. The first-order chi connectivity index (χ1) is 10.1. The highest BCUT2D eigenvalue weighted by Crippen LogP contribution is 2.29. The van der Waals surface area contributed by atoms with Crippen LogP contribution >= 0.6 is 0 Å². The Morgan fingerprint density at radius 1 is 1.14 bits per heavy atom. The molecular weight excluding hydrogens is 268 g/mol. The summed E-state index contributed by atoms with van der Waals surface area (Å²) in [4.78, 5) is 28.0. The van der Waals surface area contributed by atoms with Crippen LogP contribution in [-0.4, -0.2) is 60.0 Å². The van der Waals surface area contributed by atoms with Crippen molar-refractivity contribution >= 4 is 11.9 Å². The average molecular weight is 296 g/mol. The highest BCUT2D eigenvalue weighted by Gasteiger charge is 2.51. The third kappa shape index (κ3) is 3.55. The largest absolute Gasteiger partial charge is 0.329 e. The molecule has 6 nitrogen and oxygen atoms in total. The van der Waals surface area contributed by atoms with E-state index in [2.05, 4.69) is 17.1 Å². The number of urea groups is 1. The molecule has 0 saturated carbocycles. The van der Waals surface area contributed by atoms with Gasteiger partial charge in [-0.05, 0) is 25.8 Å². The van der Waals surface area contributed by atoms with Gasteiger partial charge in [-0.1, -0.05) is 26.2 Å². The van der Waals surface area contributed by atoms with Gasteiger partial charge in [-0.25, -0.2) is 4.79 Å². The van der Waals surface area contributed by atoms with Crippen LogP contribution in [0.5, 0.6) is 0 Å². The van der Waals surface area contributed by atoms with Gasteiger partial charge >= 0.3 is 6.03 Å². The molecule has 2 fully saturated rings. The van der Waals surface area contributed by atoms with E-state index < -0.39 is 5.54 Å². The summed E-state index contributed by atoms with van der Waals surface area (Å²) in [5.41, 5.74) is 4.81. The van der Waals surface area contributed by atoms with Gasteiger partial charge in [0.1, 0.15) is 5.54 Å². The lowest BCUT2D eigenvalue weighted by Gasteiger charge is -2.37. The summed E-state index contributed by atoms with van der Waals surface area (Å²) < 4.78 is 0. The van der Waals surface area contributed by atoms with Gasteiger partial charge in [0.15, 0.2) is 0 Å². The second kappa shape index (κ2) is 7.22. The van der Waals surface area contributed by atoms with Gasteiger partial charge in [0.05, 0.1) is 0 Å². The Morgan fingerprint density at radius 3 is 2.48 bits per heavy atom. The lowest BCUT2D eigenvalue weighted by Crippen LogP contribution is -2.55. The predicted octanol–water partition coefficient (Wildman–Crippen LogP) is 0.912. The highest BCUT2D eigenvalue weighted by atomic mass is 16.2. The number of hydrogen-bond donors (Lipinski definition) is 2. The topological polar surface area (TPSA) is 78.7 Å². The number of rotatable bonds is 7. The van der Waals surface area contributed by atoms with E-state index in [-0.39, 0.29) is 11.9 Å². The Labute approximate surface area is 127 Å². The zero-order valence-corrected chi connectivity index (χ0v) is 13.1. The Hall–Kier alpha value is -1.14. The quantitative estimate of drug-likeness (QED) is 0.541. The first kappa shape index (κ1) is 16.2. The maximum absolute atomic E-state index is 12.5. The zero-order chi connectivity index (χ0) is 15.3. The van der Waals surface area contributed by atoms with Crippen LogP contribution in [0.25, 0.3) is 0 Å². The van der Waals surface area contributed by atoms with E-state index in [0.717, 1.165) is 19.6 Å². The van der Waals surface area contributed by atoms with Crippen molar-refractivity contribution in [2.45, 2.75) is 51.0 Å². The average Bonchev–Trinajstić information content (AvgIpc) is 2.71. The number of carbonyl (C=O) groups is 2. The van der Waals surface area contributed by atoms with Crippen LogP contribution in [0.15, 0.2) is 0 Å². The SMILES string of the molecule is CCCCCCN1CCC2(CC1)NC(=O)N(CCN)C2=O. The minimum atomic E-state index is -0.661. The van der Waals surface area contributed by atoms with Crippen molar-refractivity contribution in [3.63, 3.8) is 0 Å². The number of likely N-dealkylation sites (tertiary alicyclic amines) is 1. The van der Waals surface area contributed by atoms with E-state index in [0.29, 0.717) is 25.9 Å². The molecule has 0 aliphatic carbocycles. The molecule has 2 aliphatic rings. The molecule has 0 aromatic heterocycles. The molecule has 6 heteroatoms. The lowest BCUT2D eigenvalue weighted by molar-refractivity contribution is -0.132. The second-order valence-electron chi connectivity index (χ2n) is 6.16. The normalized spacial score (nSPS) is 22.1. The summed E-state index contributed by atoms with van der Waals surface area (Å²) in [6, 6.07) is -0.276. The number of amides is 3. The van der Waals surface area contributed by atoms with Crippen molar-refractivity contribution in [2.24, 2.45) is 5.73 Å². The van der Waals surface area contributed by atoms with Gasteiger partial charge in [0, 0.05) is 26.2 Å². The van der Waals surface area contributed by atoms with Crippen LogP contribution in [0.4, 0.5) is 4.79 Å². The summed E-state index contributed by atoms with van der Waals surface area (Å²) >= 11 is 0. The summed E-state index contributed by atoms with van der Waals surface area (Å²) in [5, 5.41) is 2.91. The Bertz CT molecular complexity index is 378. The fourth-order valence-corrected chi connectivity index (χ4v) is 3.27. The first-order valence-electron chi connectivity index (χ1n) is 8.19. The van der Waals surface area contributed by atoms with Gasteiger partial charge in [-0.3, -0.25) is 9.69 Å². The minimum absolute atomic E-state index is 0.0800. The molecule has 0 unspecified atom stereocenters. The molecule has 2 aliphatic heterocycles. The van der Waals surface area contributed by atoms with E-state index in [4.69, 9.17) is 5.73 Å². The highest BCUT2D eigenvalue weighted by molar-refractivity contribution is 6.07. The second-order valence-corrected chi connectivity index (χ2v) is 6.16. The number of piperidine rings is 1. The van der Waals surface area contributed by atoms with Gasteiger partial charge in [0.2, 0.25) is 0 Å². The van der Waals surface area contributed by atoms with Crippen LogP contribution in [0.1, 0.15) is 45.4 Å². The first-order valence-corrected chi connectivity index (χ1v) is 8.19. The number of nitrogens with one attached hydrogen (secondary N) is 1. The number of imide groups is 1. The fourth-order valence-electron chi connectivity index (χ4n) is 3.27. The smallest absolute Gasteiger partial charge is 0.325 e. The van der Waals surface area contributed by atoms with Gasteiger partial charge < -0.3 is 16.0 Å². The number of carbonyl (C=O) groups excluding carboxylic acids is 2. The summed E-state index contributed by atoms with van der Waals surface area (Å²) in [6.07, 6.45) is 6.47. The Kier molecular flexibility index (Phi) is 5.58. The van der Waals surface area contributed by atoms with E-state index >= 15 is 0 Å². The lowest BCUT2D eigenvalue weighted by atomic mass is 9.87. The standard InChI is InChI=1S/C15H28N4O2/c1-2-3-4-5-9-18-10-6-15(7-11-18)13(20)19(12-8-16)14(21)17-15/h2-12,16H2,1H3,(H,17,21). The van der Waals surface area contributed by atoms with Crippen LogP contribution in [0.3, 0.4) is 0 Å². The molecule has 0 atom stereocenters. The summed E-state index contributed by atoms with van der Waals surface area (Å²) in [6.45, 7) is 5.71. The molecule has 21 heavy (non-hydrogen) atoms. The molecule has 3 N–H and O–H groups in total. The van der Waals surface area contributed by atoms with Crippen molar-refractivity contribution in [2.75, 3.05) is 32.7 Å². The fraction of sp³-hybridized carbons (Fsp3) is 0.867. The number of nitrogens with two attached hydrogens (primary N) is 1. The Morgan fingerprint density at radius 2 is 1.86 bits per heavy atom. The van der Waals surface area contributed by atoms with Gasteiger partial charge in [0.25, 0.3) is 5.91 Å². The van der Waals surface area contributed by atoms with Crippen molar-refractivity contribution in [1.29, 1.82) is 0 Å². The van der Waals surface area contributed by atoms with E-state index in [1.54, 1.807) is 0 Å². The van der Waals surface area contributed by atoms with Crippen LogP contribution in [0, 0.1) is 0 Å². The maximum atomic E-state index is 12.5. The molecule has 120 valence electrons. The summed E-state index contributed by atoms with van der Waals surface area (Å²) in [7, 11) is 0. The Balaban J connectivity index is 1.83. The molecule has 2 heterocycles. The van der Waals surface area contributed by atoms with Crippen LogP contribution in [-0.2, 0) is 4.79 Å². The minimum Gasteiger partial charge on any atom is -0.329 e. The molecule has 0 aromatic rings. The van der Waals surface area contributed by atoms with Crippen molar-refractivity contribution in [3.8, 4) is 0 Å². The van der Waals surface area contributed by atoms with E-state index in [9.17, 15) is 9.59 Å². The number of unbranched alkanes of at least 4 members (excludes halogenated alkanes) is 3. The molecule has 0 aromatic carbocycles.